The van der Waals surface area contributed by atoms with Crippen LogP contribution in [0.3, 0.4) is 0 Å². The van der Waals surface area contributed by atoms with Crippen molar-refractivity contribution >= 4 is 32.4 Å². The Hall–Kier alpha value is -0.860. The van der Waals surface area contributed by atoms with Crippen molar-refractivity contribution in [1.29, 1.82) is 5.26 Å². The molecule has 0 aliphatic rings. The van der Waals surface area contributed by atoms with E-state index in [0.717, 1.165) is 22.2 Å². The van der Waals surface area contributed by atoms with E-state index >= 15 is 0 Å². The Balaban J connectivity index is 2.59. The molecule has 0 aliphatic heterocycles. The maximum atomic E-state index is 12.1. The van der Waals surface area contributed by atoms with E-state index in [9.17, 15) is 4.21 Å². The number of nitriles is 1. The van der Waals surface area contributed by atoms with E-state index < -0.39 is 10.8 Å². The predicted molar refractivity (Wildman–Crippen MR) is 78.5 cm³/mol. The second-order valence-electron chi connectivity index (χ2n) is 4.84. The Labute approximate surface area is 119 Å². The predicted octanol–water partition coefficient (Wildman–Crippen LogP) is 3.47. The maximum absolute atomic E-state index is 12.1. The Morgan fingerprint density at radius 3 is 2.72 bits per heavy atom. The van der Waals surface area contributed by atoms with Crippen molar-refractivity contribution in [2.45, 2.75) is 31.6 Å². The number of hydrogen-bond donors (Lipinski definition) is 1. The minimum atomic E-state index is -1.05. The molecule has 0 aromatic heterocycles. The van der Waals surface area contributed by atoms with Gasteiger partial charge in [-0.25, -0.2) is 0 Å². The van der Waals surface area contributed by atoms with Gasteiger partial charge in [0.25, 0.3) is 0 Å². The molecule has 1 aromatic rings. The van der Waals surface area contributed by atoms with E-state index in [0.29, 0.717) is 11.4 Å². The molecule has 0 radical (unpaired) electrons. The number of nitrogen functional groups attached to an aromatic ring is 1. The Kier molecular flexibility index (Phi) is 5.36. The first-order valence-corrected chi connectivity index (χ1v) is 7.81. The van der Waals surface area contributed by atoms with Crippen molar-refractivity contribution in [3.8, 4) is 6.07 Å². The van der Waals surface area contributed by atoms with Crippen LogP contribution in [-0.4, -0.2) is 9.96 Å². The second-order valence-corrected chi connectivity index (χ2v) is 7.23. The highest BCUT2D eigenvalue weighted by Gasteiger charge is 2.17. The van der Waals surface area contributed by atoms with Crippen LogP contribution in [0, 0.1) is 16.7 Å². The summed E-state index contributed by atoms with van der Waals surface area (Å²) in [6, 6.07) is 7.54. The topological polar surface area (TPSA) is 66.9 Å². The van der Waals surface area contributed by atoms with Crippen molar-refractivity contribution in [2.75, 3.05) is 11.5 Å². The van der Waals surface area contributed by atoms with E-state index in [1.807, 2.05) is 13.8 Å². The molecule has 0 aliphatic carbocycles. The minimum absolute atomic E-state index is 0.345. The lowest BCUT2D eigenvalue weighted by Gasteiger charge is -2.14. The zero-order chi connectivity index (χ0) is 13.8. The highest BCUT2D eigenvalue weighted by Crippen LogP contribution is 2.25. The molecule has 1 unspecified atom stereocenters. The third kappa shape index (κ3) is 4.43. The van der Waals surface area contributed by atoms with Crippen LogP contribution in [0.25, 0.3) is 0 Å². The molecule has 5 heteroatoms. The average molecular weight is 329 g/mol. The number of nitrogens with zero attached hydrogens (tertiary/aromatic N) is 1. The summed E-state index contributed by atoms with van der Waals surface area (Å²) in [5.74, 6) is 0.563. The van der Waals surface area contributed by atoms with E-state index in [-0.39, 0.29) is 5.41 Å². The Morgan fingerprint density at radius 1 is 1.50 bits per heavy atom. The van der Waals surface area contributed by atoms with Gasteiger partial charge >= 0.3 is 0 Å². The van der Waals surface area contributed by atoms with Gasteiger partial charge in [-0.15, -0.1) is 0 Å². The molecule has 0 spiro atoms. The lowest BCUT2D eigenvalue weighted by Crippen LogP contribution is -2.10. The molecule has 0 amide bonds. The van der Waals surface area contributed by atoms with Gasteiger partial charge in [0.05, 0.1) is 27.2 Å². The largest absolute Gasteiger partial charge is 0.399 e. The summed E-state index contributed by atoms with van der Waals surface area (Å²) in [4.78, 5) is 0.763. The first-order valence-electron chi connectivity index (χ1n) is 5.70. The van der Waals surface area contributed by atoms with Gasteiger partial charge in [-0.3, -0.25) is 4.21 Å². The van der Waals surface area contributed by atoms with Crippen molar-refractivity contribution in [3.05, 3.63) is 22.7 Å². The van der Waals surface area contributed by atoms with E-state index in [1.165, 1.54) is 0 Å². The maximum Gasteiger partial charge on any atom is 0.0683 e. The summed E-state index contributed by atoms with van der Waals surface area (Å²) in [6.45, 7) is 3.80. The van der Waals surface area contributed by atoms with Gasteiger partial charge < -0.3 is 5.73 Å². The van der Waals surface area contributed by atoms with Crippen LogP contribution >= 0.6 is 15.9 Å². The number of anilines is 1. The van der Waals surface area contributed by atoms with Gasteiger partial charge in [-0.05, 0) is 60.8 Å². The normalized spacial score (nSPS) is 13.0. The molecule has 3 nitrogen and oxygen atoms in total. The van der Waals surface area contributed by atoms with Gasteiger partial charge in [0, 0.05) is 15.9 Å². The Morgan fingerprint density at radius 2 is 2.17 bits per heavy atom. The van der Waals surface area contributed by atoms with Crippen molar-refractivity contribution in [3.63, 3.8) is 0 Å². The van der Waals surface area contributed by atoms with Crippen LogP contribution in [0.4, 0.5) is 5.69 Å². The van der Waals surface area contributed by atoms with Crippen molar-refractivity contribution in [2.24, 2.45) is 5.41 Å². The fourth-order valence-corrected chi connectivity index (χ4v) is 3.57. The minimum Gasteiger partial charge on any atom is -0.399 e. The summed E-state index contributed by atoms with van der Waals surface area (Å²) in [5.41, 5.74) is 5.94. The van der Waals surface area contributed by atoms with Crippen molar-refractivity contribution in [1.82, 2.24) is 0 Å². The molecule has 1 rings (SSSR count). The zero-order valence-electron chi connectivity index (χ0n) is 10.6. The zero-order valence-corrected chi connectivity index (χ0v) is 13.0. The summed E-state index contributed by atoms with van der Waals surface area (Å²) in [6.07, 6.45) is 1.52. The second kappa shape index (κ2) is 6.35. The van der Waals surface area contributed by atoms with E-state index in [1.54, 1.807) is 18.2 Å². The monoisotopic (exact) mass is 328 g/mol. The number of hydrogen-bond acceptors (Lipinski definition) is 3. The molecule has 98 valence electrons. The average Bonchev–Trinajstić information content (AvgIpc) is 2.28. The first-order chi connectivity index (χ1) is 8.35. The molecular formula is C13H17BrN2OS. The SMILES string of the molecule is CC(C)(C#N)CCCS(=O)c1ccc(N)cc1Br. The van der Waals surface area contributed by atoms with Crippen LogP contribution in [0.2, 0.25) is 0 Å². The van der Waals surface area contributed by atoms with Crippen LogP contribution in [0.1, 0.15) is 26.7 Å². The van der Waals surface area contributed by atoms with E-state index in [2.05, 4.69) is 22.0 Å². The van der Waals surface area contributed by atoms with Gasteiger partial charge in [0.2, 0.25) is 0 Å². The Bertz CT molecular complexity index is 494. The fraction of sp³-hybridized carbons (Fsp3) is 0.462. The molecule has 0 bridgehead atoms. The standard InChI is InChI=1S/C13H17BrN2OS/c1-13(2,9-15)6-3-7-18(17)12-5-4-10(16)8-11(12)14/h4-5,8H,3,6-7,16H2,1-2H3. The van der Waals surface area contributed by atoms with Crippen LogP contribution in [0.15, 0.2) is 27.6 Å². The molecule has 0 heterocycles. The third-order valence-corrected chi connectivity index (χ3v) is 5.06. The summed E-state index contributed by atoms with van der Waals surface area (Å²) < 4.78 is 12.9. The molecule has 0 saturated carbocycles. The molecule has 0 saturated heterocycles. The first kappa shape index (κ1) is 15.2. The lowest BCUT2D eigenvalue weighted by molar-refractivity contribution is 0.447. The van der Waals surface area contributed by atoms with Gasteiger partial charge in [0.1, 0.15) is 0 Å². The fourth-order valence-electron chi connectivity index (χ4n) is 1.51. The molecule has 1 aromatic carbocycles. The molecule has 2 N–H and O–H groups in total. The summed E-state index contributed by atoms with van der Waals surface area (Å²) >= 11 is 3.37. The van der Waals surface area contributed by atoms with Crippen LogP contribution < -0.4 is 5.73 Å². The summed E-state index contributed by atoms with van der Waals surface area (Å²) in [7, 11) is -1.05. The van der Waals surface area contributed by atoms with Gasteiger partial charge in [-0.2, -0.15) is 5.26 Å². The smallest absolute Gasteiger partial charge is 0.0683 e. The van der Waals surface area contributed by atoms with E-state index in [4.69, 9.17) is 11.0 Å². The van der Waals surface area contributed by atoms with Crippen molar-refractivity contribution < 1.29 is 4.21 Å². The van der Waals surface area contributed by atoms with Crippen LogP contribution in [0.5, 0.6) is 0 Å². The van der Waals surface area contributed by atoms with Gasteiger partial charge in [-0.1, -0.05) is 0 Å². The molecule has 0 fully saturated rings. The molecule has 1 atom stereocenters. The third-order valence-electron chi connectivity index (χ3n) is 2.64. The quantitative estimate of drug-likeness (QED) is 0.841. The number of nitrogens with two attached hydrogens (primary N) is 1. The van der Waals surface area contributed by atoms with Gasteiger partial charge in [0.15, 0.2) is 0 Å². The summed E-state index contributed by atoms with van der Waals surface area (Å²) in [5, 5.41) is 8.90. The number of benzene rings is 1. The molecule has 18 heavy (non-hydrogen) atoms. The van der Waals surface area contributed by atoms with Crippen LogP contribution in [-0.2, 0) is 10.8 Å². The highest BCUT2D eigenvalue weighted by atomic mass is 79.9. The number of rotatable bonds is 5. The molecular weight excluding hydrogens is 312 g/mol. The lowest BCUT2D eigenvalue weighted by atomic mass is 9.90. The number of halogens is 1. The highest BCUT2D eigenvalue weighted by molar-refractivity contribution is 9.10.